The van der Waals surface area contributed by atoms with Gasteiger partial charge < -0.3 is 10.1 Å². The lowest BCUT2D eigenvalue weighted by atomic mass is 9.68. The molecule has 4 heteroatoms. The third-order valence-electron chi connectivity index (χ3n) is 7.06. The van der Waals surface area contributed by atoms with Crippen LogP contribution in [0.4, 0.5) is 5.69 Å². The van der Waals surface area contributed by atoms with Crippen molar-refractivity contribution < 1.29 is 9.53 Å². The monoisotopic (exact) mass is 460 g/mol. The fourth-order valence-electron chi connectivity index (χ4n) is 5.47. The van der Waals surface area contributed by atoms with Gasteiger partial charge in [-0.1, -0.05) is 62.4 Å². The highest BCUT2D eigenvalue weighted by molar-refractivity contribution is 6.12. The molecule has 0 radical (unpaired) electrons. The number of ether oxygens (including phenoxy) is 1. The number of anilines is 1. The smallest absolute Gasteiger partial charge is 0.162 e. The molecule has 0 saturated carbocycles. The van der Waals surface area contributed by atoms with Gasteiger partial charge in [-0.3, -0.25) is 9.78 Å². The van der Waals surface area contributed by atoms with Crippen LogP contribution in [0, 0.1) is 5.41 Å². The van der Waals surface area contributed by atoms with Gasteiger partial charge >= 0.3 is 0 Å². The Balaban J connectivity index is 1.39. The molecule has 0 unspecified atom stereocenters. The largest absolute Gasteiger partial charge is 0.489 e. The molecular formula is C31H28N2O2. The molecule has 2 heterocycles. The van der Waals surface area contributed by atoms with E-state index in [0.29, 0.717) is 13.0 Å². The molecule has 0 spiro atoms. The van der Waals surface area contributed by atoms with Gasteiger partial charge in [-0.05, 0) is 58.9 Å². The summed E-state index contributed by atoms with van der Waals surface area (Å²) < 4.78 is 5.99. The lowest BCUT2D eigenvalue weighted by Gasteiger charge is -2.40. The Morgan fingerprint density at radius 1 is 0.943 bits per heavy atom. The van der Waals surface area contributed by atoms with Crippen LogP contribution in [0.1, 0.15) is 49.4 Å². The van der Waals surface area contributed by atoms with Crippen molar-refractivity contribution in [2.24, 2.45) is 5.41 Å². The first-order valence-corrected chi connectivity index (χ1v) is 12.2. The van der Waals surface area contributed by atoms with Crippen molar-refractivity contribution >= 4 is 27.9 Å². The molecule has 174 valence electrons. The summed E-state index contributed by atoms with van der Waals surface area (Å²) in [6, 6.07) is 26.3. The molecule has 3 aromatic carbocycles. The second-order valence-corrected chi connectivity index (χ2v) is 10.3. The lowest BCUT2D eigenvalue weighted by molar-refractivity contribution is -0.118. The molecule has 1 N–H and O–H groups in total. The third-order valence-corrected chi connectivity index (χ3v) is 7.06. The highest BCUT2D eigenvalue weighted by atomic mass is 16.5. The highest BCUT2D eigenvalue weighted by Gasteiger charge is 2.40. The van der Waals surface area contributed by atoms with Crippen molar-refractivity contribution in [3.8, 4) is 5.75 Å². The van der Waals surface area contributed by atoms with Crippen LogP contribution >= 0.6 is 0 Å². The minimum absolute atomic E-state index is 0.0748. The molecule has 0 bridgehead atoms. The van der Waals surface area contributed by atoms with Crippen molar-refractivity contribution in [1.29, 1.82) is 0 Å². The Kier molecular flexibility index (Phi) is 5.18. The Bertz CT molecular complexity index is 1450. The molecule has 35 heavy (non-hydrogen) atoms. The number of ketones is 1. The van der Waals surface area contributed by atoms with Crippen molar-refractivity contribution in [3.63, 3.8) is 0 Å². The fraction of sp³-hybridized carbons (Fsp3) is 0.226. The predicted octanol–water partition coefficient (Wildman–Crippen LogP) is 7.12. The van der Waals surface area contributed by atoms with E-state index in [1.807, 2.05) is 42.6 Å². The minimum atomic E-state index is -0.182. The number of Topliss-reactive ketones (excluding diaryl/α,β-unsaturated/α-hetero) is 1. The summed E-state index contributed by atoms with van der Waals surface area (Å²) in [6.07, 6.45) is 3.24. The number of fused-ring (bicyclic) bond motifs is 4. The van der Waals surface area contributed by atoms with E-state index in [9.17, 15) is 4.79 Å². The number of pyridine rings is 1. The van der Waals surface area contributed by atoms with Crippen molar-refractivity contribution in [3.05, 3.63) is 107 Å². The quantitative estimate of drug-likeness (QED) is 0.352. The number of hydrogen-bond acceptors (Lipinski definition) is 4. The van der Waals surface area contributed by atoms with Crippen LogP contribution in [0.2, 0.25) is 0 Å². The number of nitrogens with one attached hydrogen (secondary N) is 1. The van der Waals surface area contributed by atoms with E-state index in [1.54, 1.807) is 0 Å². The summed E-state index contributed by atoms with van der Waals surface area (Å²) in [5.74, 6) is 1.04. The van der Waals surface area contributed by atoms with Gasteiger partial charge in [-0.25, -0.2) is 0 Å². The Morgan fingerprint density at radius 3 is 2.54 bits per heavy atom. The van der Waals surface area contributed by atoms with Crippen LogP contribution in [-0.4, -0.2) is 10.8 Å². The van der Waals surface area contributed by atoms with Crippen LogP contribution in [0.15, 0.2) is 90.6 Å². The average molecular weight is 461 g/mol. The topological polar surface area (TPSA) is 51.2 Å². The standard InChI is InChI=1S/C31H28N2O2/c1-31(2)17-24-28-23-9-6-16-32-25(23)14-15-26(28)33-30(29(24)27(34)18-31)21-10-12-22(13-11-21)35-19-20-7-4-3-5-8-20/h3-16,30,33H,17-19H2,1-2H3/t30-/m0/s1. The maximum absolute atomic E-state index is 13.6. The van der Waals surface area contributed by atoms with Crippen LogP contribution in [0.5, 0.6) is 5.75 Å². The Morgan fingerprint density at radius 2 is 1.74 bits per heavy atom. The van der Waals surface area contributed by atoms with E-state index in [-0.39, 0.29) is 17.2 Å². The van der Waals surface area contributed by atoms with Gasteiger partial charge in [0.25, 0.3) is 0 Å². The summed E-state index contributed by atoms with van der Waals surface area (Å²) in [5, 5.41) is 4.79. The van der Waals surface area contributed by atoms with E-state index >= 15 is 0 Å². The Hall–Kier alpha value is -3.92. The van der Waals surface area contributed by atoms with Gasteiger partial charge in [0.2, 0.25) is 0 Å². The molecule has 1 atom stereocenters. The number of benzene rings is 3. The van der Waals surface area contributed by atoms with Crippen LogP contribution in [-0.2, 0) is 11.4 Å². The first-order chi connectivity index (χ1) is 17.0. The molecule has 0 saturated heterocycles. The number of aromatic nitrogens is 1. The first-order valence-electron chi connectivity index (χ1n) is 12.2. The summed E-state index contributed by atoms with van der Waals surface area (Å²) in [7, 11) is 0. The second kappa shape index (κ2) is 8.38. The number of nitrogens with zero attached hydrogens (tertiary/aromatic N) is 1. The van der Waals surface area contributed by atoms with Crippen LogP contribution in [0.25, 0.3) is 16.5 Å². The van der Waals surface area contributed by atoms with E-state index in [1.165, 1.54) is 0 Å². The van der Waals surface area contributed by atoms with Crippen LogP contribution < -0.4 is 10.1 Å². The zero-order valence-electron chi connectivity index (χ0n) is 20.0. The lowest BCUT2D eigenvalue weighted by Crippen LogP contribution is -2.33. The third kappa shape index (κ3) is 3.99. The van der Waals surface area contributed by atoms with E-state index in [2.05, 4.69) is 66.6 Å². The number of carbonyl (C=O) groups excluding carboxylic acids is 1. The van der Waals surface area contributed by atoms with Gasteiger partial charge in [0, 0.05) is 34.8 Å². The van der Waals surface area contributed by atoms with Crippen molar-refractivity contribution in [1.82, 2.24) is 4.98 Å². The maximum atomic E-state index is 13.6. The normalized spacial score (nSPS) is 18.6. The summed E-state index contributed by atoms with van der Waals surface area (Å²) >= 11 is 0. The molecule has 0 amide bonds. The fourth-order valence-corrected chi connectivity index (χ4v) is 5.47. The number of allylic oxidation sites excluding steroid dienone is 1. The van der Waals surface area contributed by atoms with Gasteiger partial charge in [0.1, 0.15) is 12.4 Å². The molecule has 6 rings (SSSR count). The summed E-state index contributed by atoms with van der Waals surface area (Å²) in [5.41, 5.74) is 7.32. The predicted molar refractivity (Wildman–Crippen MR) is 140 cm³/mol. The molecule has 4 aromatic rings. The molecule has 0 fully saturated rings. The first kappa shape index (κ1) is 21.6. The molecule has 1 aromatic heterocycles. The number of rotatable bonds is 4. The number of hydrogen-bond donors (Lipinski definition) is 1. The zero-order chi connectivity index (χ0) is 24.0. The van der Waals surface area contributed by atoms with Gasteiger partial charge in [-0.2, -0.15) is 0 Å². The van der Waals surface area contributed by atoms with Gasteiger partial charge in [-0.15, -0.1) is 0 Å². The van der Waals surface area contributed by atoms with Gasteiger partial charge in [0.05, 0.1) is 11.6 Å². The van der Waals surface area contributed by atoms with Crippen molar-refractivity contribution in [2.75, 3.05) is 5.32 Å². The minimum Gasteiger partial charge on any atom is -0.489 e. The number of carbonyl (C=O) groups is 1. The summed E-state index contributed by atoms with van der Waals surface area (Å²) in [6.45, 7) is 4.90. The van der Waals surface area contributed by atoms with E-state index in [4.69, 9.17) is 4.74 Å². The average Bonchev–Trinajstić information content (AvgIpc) is 2.87. The van der Waals surface area contributed by atoms with E-state index < -0.39 is 0 Å². The SMILES string of the molecule is CC1(C)CC(=O)C2=C(C1)c1c(ccc3ncccc13)N[C@H]2c1ccc(OCc2ccccc2)cc1. The summed E-state index contributed by atoms with van der Waals surface area (Å²) in [4.78, 5) is 18.1. The molecular weight excluding hydrogens is 432 g/mol. The maximum Gasteiger partial charge on any atom is 0.162 e. The van der Waals surface area contributed by atoms with Gasteiger partial charge in [0.15, 0.2) is 5.78 Å². The highest BCUT2D eigenvalue weighted by Crippen LogP contribution is 2.51. The molecule has 1 aliphatic carbocycles. The van der Waals surface area contributed by atoms with Crippen molar-refractivity contribution in [2.45, 2.75) is 39.3 Å². The molecule has 2 aliphatic rings. The Labute approximate surface area is 205 Å². The van der Waals surface area contributed by atoms with Crippen LogP contribution in [0.3, 0.4) is 0 Å². The van der Waals surface area contributed by atoms with E-state index in [0.717, 1.165) is 56.6 Å². The second-order valence-electron chi connectivity index (χ2n) is 10.3. The zero-order valence-corrected chi connectivity index (χ0v) is 20.0. The molecule has 1 aliphatic heterocycles. The molecule has 4 nitrogen and oxygen atoms in total.